The van der Waals surface area contributed by atoms with Gasteiger partial charge in [0.2, 0.25) is 0 Å². The third-order valence-corrected chi connectivity index (χ3v) is 4.81. The number of nitrogens with one attached hydrogen (secondary N) is 1. The van der Waals surface area contributed by atoms with Crippen LogP contribution in [0.4, 0.5) is 4.79 Å². The first-order chi connectivity index (χ1) is 8.56. The van der Waals surface area contributed by atoms with Crippen LogP contribution in [-0.4, -0.2) is 52.0 Å². The van der Waals surface area contributed by atoms with Gasteiger partial charge in [-0.1, -0.05) is 26.2 Å². The van der Waals surface area contributed by atoms with Crippen LogP contribution in [0.1, 0.15) is 45.4 Å². The summed E-state index contributed by atoms with van der Waals surface area (Å²) in [5.74, 6) is 0. The summed E-state index contributed by atoms with van der Waals surface area (Å²) < 4.78 is 0. The molecule has 1 unspecified atom stereocenters. The van der Waals surface area contributed by atoms with Gasteiger partial charge in [0.1, 0.15) is 0 Å². The van der Waals surface area contributed by atoms with Crippen LogP contribution >= 0.6 is 0 Å². The summed E-state index contributed by atoms with van der Waals surface area (Å²) >= 11 is 0. The Hall–Kier alpha value is -0.810. The normalized spacial score (nSPS) is 32.2. The summed E-state index contributed by atoms with van der Waals surface area (Å²) in [4.78, 5) is 13.0. The van der Waals surface area contributed by atoms with Gasteiger partial charge in [0, 0.05) is 19.6 Å². The van der Waals surface area contributed by atoms with Crippen LogP contribution in [0.3, 0.4) is 0 Å². The van der Waals surface area contributed by atoms with Gasteiger partial charge < -0.3 is 15.5 Å². The topological polar surface area (TPSA) is 72.8 Å². The van der Waals surface area contributed by atoms with Gasteiger partial charge in [-0.3, -0.25) is 4.90 Å². The quantitative estimate of drug-likeness (QED) is 0.698. The number of rotatable bonds is 2. The average Bonchev–Trinajstić information content (AvgIpc) is 2.39. The highest BCUT2D eigenvalue weighted by atomic mass is 16.4. The minimum atomic E-state index is -0.905. The fourth-order valence-electron chi connectivity index (χ4n) is 3.74. The maximum Gasteiger partial charge on any atom is 0.407 e. The van der Waals surface area contributed by atoms with Crippen molar-refractivity contribution in [1.82, 2.24) is 10.2 Å². The first-order valence-corrected chi connectivity index (χ1v) is 6.99. The van der Waals surface area contributed by atoms with Crippen molar-refractivity contribution in [3.05, 3.63) is 0 Å². The van der Waals surface area contributed by atoms with E-state index in [2.05, 4.69) is 5.32 Å². The molecule has 2 rings (SSSR count). The smallest absolute Gasteiger partial charge is 0.407 e. The molecule has 1 aliphatic carbocycles. The van der Waals surface area contributed by atoms with Crippen molar-refractivity contribution >= 4 is 6.09 Å². The monoisotopic (exact) mass is 256 g/mol. The summed E-state index contributed by atoms with van der Waals surface area (Å²) in [5.41, 5.74) is -1.52. The van der Waals surface area contributed by atoms with E-state index >= 15 is 0 Å². The third kappa shape index (κ3) is 1.99. The van der Waals surface area contributed by atoms with Gasteiger partial charge in [-0.2, -0.15) is 0 Å². The Bertz CT molecular complexity index is 315. The molecule has 0 bridgehead atoms. The average molecular weight is 256 g/mol. The standard InChI is InChI=1S/C13H24N2O3/c1-2-12(13(18)6-4-3-5-7-13)10-14-8-9-15(12)11(16)17/h14,18H,2-10H2,1H3,(H,16,17). The van der Waals surface area contributed by atoms with Crippen molar-refractivity contribution in [2.75, 3.05) is 19.6 Å². The number of carbonyl (C=O) groups is 1. The van der Waals surface area contributed by atoms with Crippen LogP contribution in [0, 0.1) is 0 Å². The molecule has 1 saturated heterocycles. The second-order valence-electron chi connectivity index (χ2n) is 5.59. The zero-order valence-corrected chi connectivity index (χ0v) is 11.1. The molecule has 5 nitrogen and oxygen atoms in total. The van der Waals surface area contributed by atoms with E-state index in [4.69, 9.17) is 0 Å². The van der Waals surface area contributed by atoms with E-state index in [9.17, 15) is 15.0 Å². The number of amides is 1. The van der Waals surface area contributed by atoms with E-state index in [0.717, 1.165) is 19.3 Å². The molecule has 18 heavy (non-hydrogen) atoms. The van der Waals surface area contributed by atoms with Crippen LogP contribution < -0.4 is 5.32 Å². The predicted molar refractivity (Wildman–Crippen MR) is 68.7 cm³/mol. The maximum atomic E-state index is 11.5. The van der Waals surface area contributed by atoms with Gasteiger partial charge in [-0.15, -0.1) is 0 Å². The highest BCUT2D eigenvalue weighted by molar-refractivity contribution is 5.67. The molecule has 2 aliphatic rings. The van der Waals surface area contributed by atoms with Crippen molar-refractivity contribution in [3.8, 4) is 0 Å². The Balaban J connectivity index is 2.33. The molecule has 2 fully saturated rings. The molecule has 5 heteroatoms. The van der Waals surface area contributed by atoms with E-state index in [1.54, 1.807) is 0 Å². The SMILES string of the molecule is CCC1(C2(O)CCCCC2)CNCCN1C(=O)O. The number of hydrogen-bond acceptors (Lipinski definition) is 3. The van der Waals surface area contributed by atoms with Gasteiger partial charge in [-0.25, -0.2) is 4.79 Å². The Kier molecular flexibility index (Phi) is 3.82. The van der Waals surface area contributed by atoms with Crippen molar-refractivity contribution in [1.29, 1.82) is 0 Å². The van der Waals surface area contributed by atoms with E-state index in [0.29, 0.717) is 38.9 Å². The summed E-state index contributed by atoms with van der Waals surface area (Å²) in [5, 5.41) is 23.7. The van der Waals surface area contributed by atoms with Gasteiger partial charge >= 0.3 is 6.09 Å². The summed E-state index contributed by atoms with van der Waals surface area (Å²) in [7, 11) is 0. The Morgan fingerprint density at radius 3 is 2.56 bits per heavy atom. The van der Waals surface area contributed by atoms with Crippen molar-refractivity contribution in [3.63, 3.8) is 0 Å². The molecule has 1 atom stereocenters. The Morgan fingerprint density at radius 1 is 1.33 bits per heavy atom. The number of carboxylic acid groups (broad SMARTS) is 1. The molecule has 0 radical (unpaired) electrons. The molecule has 1 amide bonds. The summed E-state index contributed by atoms with van der Waals surface area (Å²) in [6.45, 7) is 3.68. The van der Waals surface area contributed by atoms with Gasteiger partial charge in [-0.05, 0) is 19.3 Å². The minimum Gasteiger partial charge on any atom is -0.465 e. The molecular weight excluding hydrogens is 232 g/mol. The number of hydrogen-bond donors (Lipinski definition) is 3. The fraction of sp³-hybridized carbons (Fsp3) is 0.923. The van der Waals surface area contributed by atoms with Crippen LogP contribution in [0.2, 0.25) is 0 Å². The lowest BCUT2D eigenvalue weighted by Gasteiger charge is -2.56. The van der Waals surface area contributed by atoms with Crippen molar-refractivity contribution in [2.24, 2.45) is 0 Å². The molecule has 0 aromatic heterocycles. The lowest BCUT2D eigenvalue weighted by molar-refractivity contribution is -0.133. The van der Waals surface area contributed by atoms with Crippen molar-refractivity contribution < 1.29 is 15.0 Å². The van der Waals surface area contributed by atoms with Crippen LogP contribution in [-0.2, 0) is 0 Å². The van der Waals surface area contributed by atoms with Crippen molar-refractivity contribution in [2.45, 2.75) is 56.6 Å². The van der Waals surface area contributed by atoms with E-state index < -0.39 is 17.2 Å². The lowest BCUT2D eigenvalue weighted by atomic mass is 9.67. The van der Waals surface area contributed by atoms with E-state index in [1.165, 1.54) is 4.90 Å². The Labute approximate surface area is 108 Å². The minimum absolute atomic E-state index is 0.464. The summed E-state index contributed by atoms with van der Waals surface area (Å²) in [6, 6.07) is 0. The van der Waals surface area contributed by atoms with Gasteiger partial charge in [0.15, 0.2) is 0 Å². The number of piperazine rings is 1. The van der Waals surface area contributed by atoms with Crippen LogP contribution in [0.15, 0.2) is 0 Å². The lowest BCUT2D eigenvalue weighted by Crippen LogP contribution is -2.73. The first-order valence-electron chi connectivity index (χ1n) is 6.99. The molecule has 1 heterocycles. The predicted octanol–water partition coefficient (Wildman–Crippen LogP) is 1.41. The Morgan fingerprint density at radius 2 is 2.00 bits per heavy atom. The first kappa shape index (κ1) is 13.6. The third-order valence-electron chi connectivity index (χ3n) is 4.81. The molecule has 0 spiro atoms. The van der Waals surface area contributed by atoms with Gasteiger partial charge in [0.25, 0.3) is 0 Å². The molecular formula is C13H24N2O3. The fourth-order valence-corrected chi connectivity index (χ4v) is 3.74. The number of aliphatic hydroxyl groups is 1. The second kappa shape index (κ2) is 5.05. The van der Waals surface area contributed by atoms with E-state index in [1.807, 2.05) is 6.92 Å². The van der Waals surface area contributed by atoms with E-state index in [-0.39, 0.29) is 0 Å². The molecule has 1 aliphatic heterocycles. The molecule has 0 aromatic carbocycles. The summed E-state index contributed by atoms with van der Waals surface area (Å²) in [6.07, 6.45) is 4.30. The molecule has 3 N–H and O–H groups in total. The highest BCUT2D eigenvalue weighted by Crippen LogP contribution is 2.43. The highest BCUT2D eigenvalue weighted by Gasteiger charge is 2.55. The van der Waals surface area contributed by atoms with Gasteiger partial charge in [0.05, 0.1) is 11.1 Å². The zero-order chi connectivity index (χ0) is 13.2. The van der Waals surface area contributed by atoms with Crippen LogP contribution in [0.5, 0.6) is 0 Å². The molecule has 0 aromatic rings. The second-order valence-corrected chi connectivity index (χ2v) is 5.59. The largest absolute Gasteiger partial charge is 0.465 e. The van der Waals surface area contributed by atoms with Crippen LogP contribution in [0.25, 0.3) is 0 Å². The zero-order valence-electron chi connectivity index (χ0n) is 11.1. The number of nitrogens with zero attached hydrogens (tertiary/aromatic N) is 1. The molecule has 1 saturated carbocycles. The molecule has 104 valence electrons. The maximum absolute atomic E-state index is 11.5.